The second-order valence-corrected chi connectivity index (χ2v) is 7.13. The predicted molar refractivity (Wildman–Crippen MR) is 113 cm³/mol. The molecule has 0 aliphatic rings. The summed E-state index contributed by atoms with van der Waals surface area (Å²) in [4.78, 5) is 1.02. The average molecular weight is 400 g/mol. The van der Waals surface area contributed by atoms with Gasteiger partial charge in [0.05, 0.1) is 0 Å². The van der Waals surface area contributed by atoms with Gasteiger partial charge in [0.15, 0.2) is 0 Å². The molecule has 0 fully saturated rings. The Labute approximate surface area is 159 Å². The van der Waals surface area contributed by atoms with Crippen LogP contribution in [0.15, 0.2) is 30.3 Å². The minimum Gasteiger partial charge on any atom is -0.309 e. The van der Waals surface area contributed by atoms with E-state index in [1.165, 1.54) is 37.7 Å². The Morgan fingerprint density at radius 3 is 2.22 bits per heavy atom. The molecular formula is C20H34BrNS. The SMILES string of the molecule is Br.CCCCC(CCCNC(C)C(=S)c1ccccc1)C(C)C. The second-order valence-electron chi connectivity index (χ2n) is 6.69. The fourth-order valence-corrected chi connectivity index (χ4v) is 3.12. The lowest BCUT2D eigenvalue weighted by Crippen LogP contribution is -2.34. The maximum atomic E-state index is 5.58. The average Bonchev–Trinajstić information content (AvgIpc) is 2.53. The van der Waals surface area contributed by atoms with Crippen molar-refractivity contribution < 1.29 is 0 Å². The lowest BCUT2D eigenvalue weighted by molar-refractivity contribution is 0.318. The molecule has 132 valence electrons. The summed E-state index contributed by atoms with van der Waals surface area (Å²) in [6.07, 6.45) is 6.63. The van der Waals surface area contributed by atoms with Gasteiger partial charge in [-0.15, -0.1) is 17.0 Å². The van der Waals surface area contributed by atoms with Gasteiger partial charge in [0.25, 0.3) is 0 Å². The highest BCUT2D eigenvalue weighted by Gasteiger charge is 2.13. The summed E-state index contributed by atoms with van der Waals surface area (Å²) in [7, 11) is 0. The van der Waals surface area contributed by atoms with Crippen molar-refractivity contribution in [1.82, 2.24) is 5.32 Å². The zero-order chi connectivity index (χ0) is 16.4. The van der Waals surface area contributed by atoms with Crippen LogP contribution in [-0.2, 0) is 0 Å². The molecule has 23 heavy (non-hydrogen) atoms. The van der Waals surface area contributed by atoms with Crippen LogP contribution in [0.5, 0.6) is 0 Å². The molecule has 2 unspecified atom stereocenters. The van der Waals surface area contributed by atoms with Crippen molar-refractivity contribution in [3.8, 4) is 0 Å². The van der Waals surface area contributed by atoms with E-state index < -0.39 is 0 Å². The van der Waals surface area contributed by atoms with Gasteiger partial charge in [0.1, 0.15) is 0 Å². The van der Waals surface area contributed by atoms with Crippen LogP contribution in [0.25, 0.3) is 0 Å². The second kappa shape index (κ2) is 13.1. The first kappa shape index (κ1) is 22.8. The molecule has 0 bridgehead atoms. The van der Waals surface area contributed by atoms with Crippen LogP contribution in [-0.4, -0.2) is 17.5 Å². The Morgan fingerprint density at radius 1 is 1.04 bits per heavy atom. The van der Waals surface area contributed by atoms with E-state index in [1.807, 2.05) is 6.07 Å². The summed E-state index contributed by atoms with van der Waals surface area (Å²) in [6, 6.07) is 10.6. The molecule has 2 atom stereocenters. The number of benzene rings is 1. The summed E-state index contributed by atoms with van der Waals surface area (Å²) in [5.41, 5.74) is 1.17. The van der Waals surface area contributed by atoms with Gasteiger partial charge >= 0.3 is 0 Å². The highest BCUT2D eigenvalue weighted by Crippen LogP contribution is 2.23. The van der Waals surface area contributed by atoms with Crippen molar-refractivity contribution in [1.29, 1.82) is 0 Å². The van der Waals surface area contributed by atoms with E-state index in [0.29, 0.717) is 0 Å². The van der Waals surface area contributed by atoms with Crippen molar-refractivity contribution in [2.75, 3.05) is 6.54 Å². The third-order valence-corrected chi connectivity index (χ3v) is 5.11. The van der Waals surface area contributed by atoms with Gasteiger partial charge in [-0.25, -0.2) is 0 Å². The largest absolute Gasteiger partial charge is 0.309 e. The summed E-state index contributed by atoms with van der Waals surface area (Å²) < 4.78 is 0. The van der Waals surface area contributed by atoms with E-state index in [-0.39, 0.29) is 23.0 Å². The molecule has 0 saturated carbocycles. The molecule has 0 radical (unpaired) electrons. The Bertz CT molecular complexity index is 419. The molecule has 3 heteroatoms. The van der Waals surface area contributed by atoms with Crippen molar-refractivity contribution in [2.24, 2.45) is 11.8 Å². The maximum Gasteiger partial charge on any atom is 0.0400 e. The molecule has 0 amide bonds. The zero-order valence-electron chi connectivity index (χ0n) is 15.2. The molecule has 0 heterocycles. The van der Waals surface area contributed by atoms with E-state index in [1.54, 1.807) is 0 Å². The van der Waals surface area contributed by atoms with Crippen molar-refractivity contribution in [3.63, 3.8) is 0 Å². The third-order valence-electron chi connectivity index (χ3n) is 4.53. The topological polar surface area (TPSA) is 12.0 Å². The standard InChI is InChI=1S/C20H33NS.BrH/c1-5-6-11-18(16(2)3)14-10-15-21-17(4)20(22)19-12-8-7-9-13-19;/h7-9,12-13,16-18,21H,5-6,10-11,14-15H2,1-4H3;1H. The molecule has 0 saturated heterocycles. The van der Waals surface area contributed by atoms with E-state index >= 15 is 0 Å². The number of thiocarbonyl (C=S) groups is 1. The number of hydrogen-bond donors (Lipinski definition) is 1. The summed E-state index contributed by atoms with van der Waals surface area (Å²) in [5.74, 6) is 1.67. The summed E-state index contributed by atoms with van der Waals surface area (Å²) in [6.45, 7) is 10.2. The lowest BCUT2D eigenvalue weighted by Gasteiger charge is -2.21. The van der Waals surface area contributed by atoms with Crippen molar-refractivity contribution in [3.05, 3.63) is 35.9 Å². The van der Waals surface area contributed by atoms with Crippen molar-refractivity contribution in [2.45, 2.75) is 65.8 Å². The quantitative estimate of drug-likeness (QED) is 0.269. The van der Waals surface area contributed by atoms with Gasteiger partial charge in [0, 0.05) is 10.9 Å². The number of halogens is 1. The summed E-state index contributed by atoms with van der Waals surface area (Å²) in [5, 5.41) is 3.59. The van der Waals surface area contributed by atoms with Crippen LogP contribution in [0.4, 0.5) is 0 Å². The third kappa shape index (κ3) is 8.97. The molecule has 1 aromatic carbocycles. The van der Waals surface area contributed by atoms with E-state index in [2.05, 4.69) is 57.3 Å². The first-order chi connectivity index (χ1) is 10.6. The molecule has 1 rings (SSSR count). The van der Waals surface area contributed by atoms with Gasteiger partial charge in [-0.3, -0.25) is 0 Å². The van der Waals surface area contributed by atoms with E-state index in [9.17, 15) is 0 Å². The maximum absolute atomic E-state index is 5.58. The fourth-order valence-electron chi connectivity index (χ4n) is 2.91. The van der Waals surface area contributed by atoms with Gasteiger partial charge in [0.2, 0.25) is 0 Å². The van der Waals surface area contributed by atoms with Gasteiger partial charge in [-0.1, -0.05) is 82.6 Å². The Kier molecular flexibility index (Phi) is 12.9. The van der Waals surface area contributed by atoms with Crippen LogP contribution in [0, 0.1) is 11.8 Å². The van der Waals surface area contributed by atoms with Gasteiger partial charge < -0.3 is 5.32 Å². The Balaban J connectivity index is 0.00000484. The minimum absolute atomic E-state index is 0. The highest BCUT2D eigenvalue weighted by atomic mass is 79.9. The lowest BCUT2D eigenvalue weighted by atomic mass is 9.87. The Hall–Kier alpha value is -0.250. The van der Waals surface area contributed by atoms with E-state index in [0.717, 1.165) is 23.2 Å². The summed E-state index contributed by atoms with van der Waals surface area (Å²) >= 11 is 5.58. The molecular weight excluding hydrogens is 366 g/mol. The van der Waals surface area contributed by atoms with Crippen LogP contribution in [0.2, 0.25) is 0 Å². The normalized spacial score (nSPS) is 13.4. The van der Waals surface area contributed by atoms with Gasteiger partial charge in [-0.05, 0) is 43.7 Å². The first-order valence-electron chi connectivity index (χ1n) is 8.88. The minimum atomic E-state index is 0. The first-order valence-corrected chi connectivity index (χ1v) is 9.29. The monoisotopic (exact) mass is 399 g/mol. The van der Waals surface area contributed by atoms with Crippen LogP contribution in [0.3, 0.4) is 0 Å². The van der Waals surface area contributed by atoms with Gasteiger partial charge in [-0.2, -0.15) is 0 Å². The smallest absolute Gasteiger partial charge is 0.0400 e. The van der Waals surface area contributed by atoms with Crippen LogP contribution in [0.1, 0.15) is 65.4 Å². The fraction of sp³-hybridized carbons (Fsp3) is 0.650. The molecule has 0 aliphatic carbocycles. The Morgan fingerprint density at radius 2 is 1.65 bits per heavy atom. The molecule has 1 aromatic rings. The molecule has 0 aliphatic heterocycles. The van der Waals surface area contributed by atoms with Crippen LogP contribution < -0.4 is 5.32 Å². The molecule has 0 spiro atoms. The van der Waals surface area contributed by atoms with Crippen molar-refractivity contribution >= 4 is 34.1 Å². The number of nitrogens with one attached hydrogen (secondary N) is 1. The van der Waals surface area contributed by atoms with Crippen LogP contribution >= 0.6 is 29.2 Å². The predicted octanol–water partition coefficient (Wildman–Crippen LogP) is 6.20. The molecule has 0 aromatic heterocycles. The highest BCUT2D eigenvalue weighted by molar-refractivity contribution is 8.93. The molecule has 1 N–H and O–H groups in total. The van der Waals surface area contributed by atoms with E-state index in [4.69, 9.17) is 12.2 Å². The number of unbranched alkanes of at least 4 members (excludes halogenated alkanes) is 1. The molecule has 1 nitrogen and oxygen atoms in total. The zero-order valence-corrected chi connectivity index (χ0v) is 17.7. The number of rotatable bonds is 11. The number of hydrogen-bond acceptors (Lipinski definition) is 2.